The molecule has 0 aliphatic carbocycles. The summed E-state index contributed by atoms with van der Waals surface area (Å²) in [5.41, 5.74) is 8.32. The minimum atomic E-state index is -0.563. The van der Waals surface area contributed by atoms with E-state index in [0.29, 0.717) is 29.9 Å². The second-order valence-corrected chi connectivity index (χ2v) is 7.94. The minimum absolute atomic E-state index is 0.0523. The van der Waals surface area contributed by atoms with E-state index >= 15 is 0 Å². The number of rotatable bonds is 9. The first kappa shape index (κ1) is 24.4. The number of phenolic OH excluding ortho intramolecular Hbond substituents is 1. The fraction of sp³-hybridized carbons (Fsp3) is 0.185. The van der Waals surface area contributed by atoms with Crippen molar-refractivity contribution in [3.63, 3.8) is 0 Å². The Morgan fingerprint density at radius 2 is 1.65 bits per heavy atom. The molecular formula is C27H29N3O4. The van der Waals surface area contributed by atoms with Crippen LogP contribution in [0.25, 0.3) is 0 Å². The summed E-state index contributed by atoms with van der Waals surface area (Å²) >= 11 is 0. The van der Waals surface area contributed by atoms with Gasteiger partial charge in [0.1, 0.15) is 11.9 Å². The topological polar surface area (TPSA) is 114 Å². The number of ether oxygens (including phenoxy) is 1. The molecule has 2 amide bonds. The summed E-state index contributed by atoms with van der Waals surface area (Å²) in [6.07, 6.45) is 3.43. The molecule has 0 aliphatic heterocycles. The Labute approximate surface area is 199 Å². The van der Waals surface area contributed by atoms with Crippen LogP contribution in [0, 0.1) is 5.92 Å². The molecule has 0 heterocycles. The van der Waals surface area contributed by atoms with Gasteiger partial charge < -0.3 is 20.9 Å². The van der Waals surface area contributed by atoms with Crippen molar-refractivity contribution in [3.8, 4) is 5.75 Å². The molecule has 3 rings (SSSR count). The quantitative estimate of drug-likeness (QED) is 0.236. The van der Waals surface area contributed by atoms with Crippen molar-refractivity contribution in [2.45, 2.75) is 25.9 Å². The number of hydrogen-bond donors (Lipinski definition) is 4. The smallest absolute Gasteiger partial charge is 0.412 e. The lowest BCUT2D eigenvalue weighted by atomic mass is 9.93. The molecule has 7 heteroatoms. The van der Waals surface area contributed by atoms with Crippen molar-refractivity contribution in [2.24, 2.45) is 5.92 Å². The number of nitrogen functional groups attached to an aromatic ring is 1. The number of allylic oxidation sites excluding steroid dienone is 1. The number of phenols is 1. The lowest BCUT2D eigenvalue weighted by Crippen LogP contribution is -2.22. The maximum absolute atomic E-state index is 12.5. The van der Waals surface area contributed by atoms with Gasteiger partial charge in [0, 0.05) is 5.69 Å². The molecule has 3 aromatic carbocycles. The molecule has 0 unspecified atom stereocenters. The second kappa shape index (κ2) is 12.1. The van der Waals surface area contributed by atoms with Crippen molar-refractivity contribution in [2.75, 3.05) is 16.4 Å². The first-order valence-electron chi connectivity index (χ1n) is 11.1. The first-order valence-corrected chi connectivity index (χ1v) is 11.1. The van der Waals surface area contributed by atoms with Crippen LogP contribution in [-0.2, 0) is 9.53 Å². The number of benzene rings is 3. The van der Waals surface area contributed by atoms with E-state index in [1.165, 1.54) is 6.08 Å². The summed E-state index contributed by atoms with van der Waals surface area (Å²) in [4.78, 5) is 24.7. The summed E-state index contributed by atoms with van der Waals surface area (Å²) in [7, 11) is 0. The van der Waals surface area contributed by atoms with Gasteiger partial charge in [0.15, 0.2) is 0 Å². The van der Waals surface area contributed by atoms with E-state index in [4.69, 9.17) is 10.5 Å². The lowest BCUT2D eigenvalue weighted by Gasteiger charge is -2.24. The van der Waals surface area contributed by atoms with Crippen LogP contribution in [0.2, 0.25) is 0 Å². The fourth-order valence-corrected chi connectivity index (χ4v) is 3.45. The Morgan fingerprint density at radius 3 is 2.35 bits per heavy atom. The van der Waals surface area contributed by atoms with Crippen LogP contribution in [0.15, 0.2) is 91.0 Å². The van der Waals surface area contributed by atoms with Gasteiger partial charge in [-0.3, -0.25) is 10.1 Å². The van der Waals surface area contributed by atoms with Crippen molar-refractivity contribution < 1.29 is 19.4 Å². The Hall–Kier alpha value is -4.26. The van der Waals surface area contributed by atoms with E-state index in [1.54, 1.807) is 66.7 Å². The zero-order valence-corrected chi connectivity index (χ0v) is 19.0. The zero-order valence-electron chi connectivity index (χ0n) is 19.0. The van der Waals surface area contributed by atoms with E-state index in [9.17, 15) is 14.7 Å². The van der Waals surface area contributed by atoms with E-state index in [1.807, 2.05) is 25.1 Å². The van der Waals surface area contributed by atoms with Gasteiger partial charge in [0.05, 0.1) is 11.4 Å². The third-order valence-electron chi connectivity index (χ3n) is 5.27. The molecule has 3 aromatic rings. The van der Waals surface area contributed by atoms with Gasteiger partial charge >= 0.3 is 6.09 Å². The van der Waals surface area contributed by atoms with E-state index in [2.05, 4.69) is 10.6 Å². The minimum Gasteiger partial charge on any atom is -0.508 e. The molecule has 7 nitrogen and oxygen atoms in total. The summed E-state index contributed by atoms with van der Waals surface area (Å²) in [6, 6.07) is 22.7. The van der Waals surface area contributed by atoms with E-state index in [0.717, 1.165) is 5.56 Å². The molecule has 0 radical (unpaired) electrons. The number of nitrogens with one attached hydrogen (secondary N) is 2. The number of hydrogen-bond acceptors (Lipinski definition) is 5. The molecule has 0 spiro atoms. The highest BCUT2D eigenvalue weighted by Gasteiger charge is 2.23. The van der Waals surface area contributed by atoms with Crippen LogP contribution in [-0.4, -0.2) is 17.1 Å². The number of nitrogens with two attached hydrogens (primary N) is 1. The van der Waals surface area contributed by atoms with Crippen LogP contribution in [0.5, 0.6) is 5.75 Å². The van der Waals surface area contributed by atoms with E-state index in [-0.39, 0.29) is 17.6 Å². The molecule has 0 saturated carbocycles. The lowest BCUT2D eigenvalue weighted by molar-refractivity contribution is -0.111. The Bertz CT molecular complexity index is 1110. The Balaban J connectivity index is 1.59. The third-order valence-corrected chi connectivity index (χ3v) is 5.27. The van der Waals surface area contributed by atoms with Crippen LogP contribution < -0.4 is 16.4 Å². The van der Waals surface area contributed by atoms with Crippen LogP contribution in [0.1, 0.15) is 31.4 Å². The molecule has 0 fully saturated rings. The van der Waals surface area contributed by atoms with Gasteiger partial charge in [-0.15, -0.1) is 0 Å². The molecule has 0 saturated heterocycles. The van der Waals surface area contributed by atoms with Crippen molar-refractivity contribution >= 4 is 29.1 Å². The van der Waals surface area contributed by atoms with Crippen molar-refractivity contribution in [3.05, 3.63) is 96.6 Å². The van der Waals surface area contributed by atoms with Crippen LogP contribution in [0.4, 0.5) is 21.9 Å². The van der Waals surface area contributed by atoms with Gasteiger partial charge in [0.25, 0.3) is 0 Å². The number of carbonyl (C=O) groups is 2. The number of aromatic hydroxyl groups is 1. The Kier molecular flexibility index (Phi) is 8.68. The SMILES string of the molecule is C[C@@H](CC/C=C/C(=O)Nc1ccccc1N)[C@H](OC(=O)Nc1ccccc1)c1ccc(O)cc1. The average Bonchev–Trinajstić information content (AvgIpc) is 2.83. The molecule has 176 valence electrons. The normalized spacial score (nSPS) is 12.6. The van der Waals surface area contributed by atoms with Crippen LogP contribution >= 0.6 is 0 Å². The first-order chi connectivity index (χ1) is 16.4. The van der Waals surface area contributed by atoms with Gasteiger partial charge in [-0.25, -0.2) is 4.79 Å². The van der Waals surface area contributed by atoms with Gasteiger partial charge in [-0.1, -0.05) is 55.5 Å². The number of carbonyl (C=O) groups excluding carboxylic acids is 2. The monoisotopic (exact) mass is 459 g/mol. The molecule has 2 atom stereocenters. The largest absolute Gasteiger partial charge is 0.508 e. The predicted octanol–water partition coefficient (Wildman–Crippen LogP) is 5.88. The maximum Gasteiger partial charge on any atom is 0.412 e. The molecule has 0 aromatic heterocycles. The number of amides is 2. The van der Waals surface area contributed by atoms with Gasteiger partial charge in [-0.2, -0.15) is 0 Å². The standard InChI is InChI=1S/C27H29N3O4/c1-19(9-5-8-14-25(32)30-24-13-7-6-12-23(24)28)26(20-15-17-22(31)18-16-20)34-27(33)29-21-10-3-2-4-11-21/h2-4,6-8,10-19,26,31H,5,9,28H2,1H3,(H,29,33)(H,30,32)/b14-8+/t19-,26-/m0/s1. The highest BCUT2D eigenvalue weighted by Crippen LogP contribution is 2.31. The van der Waals surface area contributed by atoms with Crippen LogP contribution in [0.3, 0.4) is 0 Å². The second-order valence-electron chi connectivity index (χ2n) is 7.94. The molecule has 0 bridgehead atoms. The Morgan fingerprint density at radius 1 is 0.971 bits per heavy atom. The molecule has 0 aliphatic rings. The molecule has 5 N–H and O–H groups in total. The van der Waals surface area contributed by atoms with Gasteiger partial charge in [0.2, 0.25) is 5.91 Å². The summed E-state index contributed by atoms with van der Waals surface area (Å²) in [5, 5.41) is 15.1. The van der Waals surface area contributed by atoms with E-state index < -0.39 is 12.2 Å². The predicted molar refractivity (Wildman–Crippen MR) is 134 cm³/mol. The molecular weight excluding hydrogens is 430 g/mol. The highest BCUT2D eigenvalue weighted by molar-refractivity contribution is 6.01. The molecule has 34 heavy (non-hydrogen) atoms. The third kappa shape index (κ3) is 7.41. The maximum atomic E-state index is 12.5. The number of anilines is 3. The highest BCUT2D eigenvalue weighted by atomic mass is 16.6. The summed E-state index contributed by atoms with van der Waals surface area (Å²) < 4.78 is 5.76. The number of para-hydroxylation sites is 3. The van der Waals surface area contributed by atoms with Gasteiger partial charge in [-0.05, 0) is 66.8 Å². The summed E-state index contributed by atoms with van der Waals surface area (Å²) in [6.45, 7) is 1.98. The summed E-state index contributed by atoms with van der Waals surface area (Å²) in [5.74, 6) is -0.181. The fourth-order valence-electron chi connectivity index (χ4n) is 3.45. The zero-order chi connectivity index (χ0) is 24.3. The average molecular weight is 460 g/mol. The van der Waals surface area contributed by atoms with Crippen molar-refractivity contribution in [1.29, 1.82) is 0 Å². The van der Waals surface area contributed by atoms with Crippen molar-refractivity contribution in [1.82, 2.24) is 0 Å².